The molecule has 3 rings (SSSR count). The van der Waals surface area contributed by atoms with E-state index in [1.54, 1.807) is 25.1 Å². The Morgan fingerprint density at radius 2 is 1.73 bits per heavy atom. The Balaban J connectivity index is 1.82. The number of ether oxygens (including phenoxy) is 1. The Hall–Kier alpha value is -3.48. The largest absolute Gasteiger partial charge is 0.462 e. The third-order valence-corrected chi connectivity index (χ3v) is 3.98. The van der Waals surface area contributed by atoms with Gasteiger partial charge in [-0.2, -0.15) is 0 Å². The van der Waals surface area contributed by atoms with Gasteiger partial charge in [0.25, 0.3) is 17.7 Å². The Morgan fingerprint density at radius 1 is 1.00 bits per heavy atom. The minimum absolute atomic E-state index is 0.199. The lowest BCUT2D eigenvalue weighted by atomic mass is 10.1. The van der Waals surface area contributed by atoms with Gasteiger partial charge >= 0.3 is 5.97 Å². The van der Waals surface area contributed by atoms with Crippen molar-refractivity contribution in [2.75, 3.05) is 19.0 Å². The molecule has 0 aliphatic carbocycles. The van der Waals surface area contributed by atoms with Crippen molar-refractivity contribution < 1.29 is 23.9 Å². The van der Waals surface area contributed by atoms with Crippen molar-refractivity contribution in [3.63, 3.8) is 0 Å². The van der Waals surface area contributed by atoms with Gasteiger partial charge in [-0.1, -0.05) is 6.07 Å². The summed E-state index contributed by atoms with van der Waals surface area (Å²) in [5, 5.41) is 2.67. The molecule has 7 heteroatoms. The molecule has 0 saturated carbocycles. The molecule has 26 heavy (non-hydrogen) atoms. The summed E-state index contributed by atoms with van der Waals surface area (Å²) >= 11 is 0. The second-order valence-electron chi connectivity index (χ2n) is 5.69. The van der Waals surface area contributed by atoms with Gasteiger partial charge in [0, 0.05) is 18.3 Å². The van der Waals surface area contributed by atoms with Crippen molar-refractivity contribution in [2.45, 2.75) is 6.92 Å². The lowest BCUT2D eigenvalue weighted by Crippen LogP contribution is -2.24. The van der Waals surface area contributed by atoms with Crippen LogP contribution in [0.3, 0.4) is 0 Å². The number of imide groups is 1. The third-order valence-electron chi connectivity index (χ3n) is 3.98. The number of carbonyl (C=O) groups excluding carboxylic acids is 4. The smallest absolute Gasteiger partial charge is 0.338 e. The van der Waals surface area contributed by atoms with Gasteiger partial charge in [0.2, 0.25) is 0 Å². The van der Waals surface area contributed by atoms with Gasteiger partial charge in [0.05, 0.1) is 23.3 Å². The highest BCUT2D eigenvalue weighted by atomic mass is 16.5. The zero-order chi connectivity index (χ0) is 18.8. The molecule has 0 atom stereocenters. The van der Waals surface area contributed by atoms with E-state index < -0.39 is 17.8 Å². The molecule has 0 aromatic heterocycles. The van der Waals surface area contributed by atoms with E-state index in [9.17, 15) is 19.2 Å². The fraction of sp³-hybridized carbons (Fsp3) is 0.158. The average molecular weight is 352 g/mol. The molecule has 2 aromatic rings. The summed E-state index contributed by atoms with van der Waals surface area (Å²) in [5.74, 6) is -1.76. The fourth-order valence-corrected chi connectivity index (χ4v) is 2.64. The molecule has 0 saturated heterocycles. The molecule has 3 amide bonds. The number of hydrogen-bond acceptors (Lipinski definition) is 5. The Labute approximate surface area is 149 Å². The zero-order valence-corrected chi connectivity index (χ0v) is 14.2. The van der Waals surface area contributed by atoms with Crippen molar-refractivity contribution in [1.29, 1.82) is 0 Å². The van der Waals surface area contributed by atoms with Gasteiger partial charge in [-0.3, -0.25) is 19.3 Å². The van der Waals surface area contributed by atoms with Crippen LogP contribution in [0, 0.1) is 0 Å². The summed E-state index contributed by atoms with van der Waals surface area (Å²) in [7, 11) is 1.39. The summed E-state index contributed by atoms with van der Waals surface area (Å²) < 4.78 is 4.93. The first-order valence-electron chi connectivity index (χ1n) is 7.97. The first-order valence-corrected chi connectivity index (χ1v) is 7.97. The van der Waals surface area contributed by atoms with E-state index >= 15 is 0 Å². The number of nitrogens with one attached hydrogen (secondary N) is 1. The van der Waals surface area contributed by atoms with E-state index in [4.69, 9.17) is 4.74 Å². The predicted octanol–water partition coefficient (Wildman–Crippen LogP) is 2.34. The van der Waals surface area contributed by atoms with Crippen LogP contribution in [0.5, 0.6) is 0 Å². The van der Waals surface area contributed by atoms with E-state index in [2.05, 4.69) is 5.32 Å². The van der Waals surface area contributed by atoms with Gasteiger partial charge in [0.1, 0.15) is 0 Å². The van der Waals surface area contributed by atoms with Crippen molar-refractivity contribution in [3.05, 3.63) is 64.7 Å². The summed E-state index contributed by atoms with van der Waals surface area (Å²) in [6.07, 6.45) is 0. The number of anilines is 1. The molecule has 0 unspecified atom stereocenters. The molecule has 2 aromatic carbocycles. The topological polar surface area (TPSA) is 92.8 Å². The van der Waals surface area contributed by atoms with Gasteiger partial charge in [-0.05, 0) is 43.3 Å². The zero-order valence-electron chi connectivity index (χ0n) is 14.2. The maximum atomic E-state index is 12.5. The molecule has 1 aliphatic heterocycles. The van der Waals surface area contributed by atoms with Gasteiger partial charge < -0.3 is 10.1 Å². The average Bonchev–Trinajstić information content (AvgIpc) is 2.86. The number of benzene rings is 2. The molecule has 7 nitrogen and oxygen atoms in total. The van der Waals surface area contributed by atoms with Crippen LogP contribution in [0.4, 0.5) is 5.69 Å². The number of nitrogens with zero attached hydrogens (tertiary/aromatic N) is 1. The van der Waals surface area contributed by atoms with E-state index in [-0.39, 0.29) is 29.2 Å². The first kappa shape index (κ1) is 17.3. The Kier molecular flexibility index (Phi) is 4.53. The maximum absolute atomic E-state index is 12.5. The van der Waals surface area contributed by atoms with Crippen LogP contribution in [0.25, 0.3) is 0 Å². The standard InChI is InChI=1S/C19H16N2O5/c1-3-26-19(25)12-5-4-6-13(9-12)20-16(22)11-7-8-14-15(10-11)18(24)21(2)17(14)23/h4-10H,3H2,1-2H3,(H,20,22). The van der Waals surface area contributed by atoms with E-state index in [1.165, 1.54) is 31.3 Å². The number of rotatable bonds is 4. The van der Waals surface area contributed by atoms with Crippen LogP contribution in [-0.4, -0.2) is 42.2 Å². The second kappa shape index (κ2) is 6.79. The van der Waals surface area contributed by atoms with Crippen molar-refractivity contribution >= 4 is 29.4 Å². The molecule has 1 aliphatic rings. The van der Waals surface area contributed by atoms with Crippen molar-refractivity contribution in [3.8, 4) is 0 Å². The molecule has 0 spiro atoms. The number of hydrogen-bond donors (Lipinski definition) is 1. The maximum Gasteiger partial charge on any atom is 0.338 e. The molecule has 1 N–H and O–H groups in total. The minimum atomic E-state index is -0.478. The molecule has 0 bridgehead atoms. The summed E-state index contributed by atoms with van der Waals surface area (Å²) in [5.41, 5.74) is 1.45. The molecular formula is C19H16N2O5. The van der Waals surface area contributed by atoms with Crippen LogP contribution in [-0.2, 0) is 4.74 Å². The van der Waals surface area contributed by atoms with Gasteiger partial charge in [-0.25, -0.2) is 4.79 Å². The summed E-state index contributed by atoms with van der Waals surface area (Å²) in [4.78, 5) is 49.2. The normalized spacial score (nSPS) is 12.8. The molecule has 0 fully saturated rings. The quantitative estimate of drug-likeness (QED) is 0.673. The van der Waals surface area contributed by atoms with E-state index in [1.807, 2.05) is 0 Å². The number of carbonyl (C=O) groups is 4. The number of fused-ring (bicyclic) bond motifs is 1. The van der Waals surface area contributed by atoms with Crippen LogP contribution in [0.2, 0.25) is 0 Å². The molecule has 132 valence electrons. The van der Waals surface area contributed by atoms with Gasteiger partial charge in [-0.15, -0.1) is 0 Å². The first-order chi connectivity index (χ1) is 12.4. The second-order valence-corrected chi connectivity index (χ2v) is 5.69. The van der Waals surface area contributed by atoms with Crippen molar-refractivity contribution in [1.82, 2.24) is 4.90 Å². The van der Waals surface area contributed by atoms with Crippen molar-refractivity contribution in [2.24, 2.45) is 0 Å². The number of esters is 1. The summed E-state index contributed by atoms with van der Waals surface area (Å²) in [6, 6.07) is 10.7. The van der Waals surface area contributed by atoms with Crippen LogP contribution < -0.4 is 5.32 Å². The molecule has 1 heterocycles. The third kappa shape index (κ3) is 3.06. The fourth-order valence-electron chi connectivity index (χ4n) is 2.64. The van der Waals surface area contributed by atoms with E-state index in [0.29, 0.717) is 11.3 Å². The lowest BCUT2D eigenvalue weighted by Gasteiger charge is -2.08. The van der Waals surface area contributed by atoms with Crippen LogP contribution in [0.1, 0.15) is 48.4 Å². The Morgan fingerprint density at radius 3 is 2.46 bits per heavy atom. The lowest BCUT2D eigenvalue weighted by molar-refractivity contribution is 0.0525. The predicted molar refractivity (Wildman–Crippen MR) is 93.2 cm³/mol. The SMILES string of the molecule is CCOC(=O)c1cccc(NC(=O)c2ccc3c(c2)C(=O)N(C)C3=O)c1. The van der Waals surface area contributed by atoms with Crippen LogP contribution >= 0.6 is 0 Å². The highest BCUT2D eigenvalue weighted by Crippen LogP contribution is 2.23. The molecular weight excluding hydrogens is 336 g/mol. The monoisotopic (exact) mass is 352 g/mol. The number of amides is 3. The Bertz CT molecular complexity index is 935. The van der Waals surface area contributed by atoms with Crippen LogP contribution in [0.15, 0.2) is 42.5 Å². The minimum Gasteiger partial charge on any atom is -0.462 e. The molecule has 0 radical (unpaired) electrons. The van der Waals surface area contributed by atoms with Gasteiger partial charge in [0.15, 0.2) is 0 Å². The highest BCUT2D eigenvalue weighted by Gasteiger charge is 2.33. The summed E-state index contributed by atoms with van der Waals surface area (Å²) in [6.45, 7) is 1.96. The highest BCUT2D eigenvalue weighted by molar-refractivity contribution is 6.22. The van der Waals surface area contributed by atoms with E-state index in [0.717, 1.165) is 4.90 Å².